The van der Waals surface area contributed by atoms with Gasteiger partial charge in [0.1, 0.15) is 0 Å². The minimum Gasteiger partial charge on any atom is -0.392 e. The Morgan fingerprint density at radius 2 is 2.00 bits per heavy atom. The van der Waals surface area contributed by atoms with Crippen molar-refractivity contribution >= 4 is 0 Å². The van der Waals surface area contributed by atoms with E-state index < -0.39 is 0 Å². The second-order valence-electron chi connectivity index (χ2n) is 3.11. The Labute approximate surface area is 70.0 Å². The van der Waals surface area contributed by atoms with Gasteiger partial charge in [0.15, 0.2) is 0 Å². The van der Waals surface area contributed by atoms with Crippen molar-refractivity contribution in [2.24, 2.45) is 0 Å². The molecule has 0 fully saturated rings. The highest BCUT2D eigenvalue weighted by Gasteiger charge is 1.92. The van der Waals surface area contributed by atoms with Crippen LogP contribution in [0.4, 0.5) is 0 Å². The Balaban J connectivity index is 2.80. The van der Waals surface area contributed by atoms with Gasteiger partial charge in [-0.1, -0.05) is 26.2 Å². The largest absolute Gasteiger partial charge is 0.392 e. The van der Waals surface area contributed by atoms with Crippen LogP contribution in [-0.4, -0.2) is 24.3 Å². The zero-order chi connectivity index (χ0) is 8.53. The molecule has 0 aliphatic rings. The molecule has 0 unspecified atom stereocenters. The molecule has 11 heavy (non-hydrogen) atoms. The molecule has 0 aromatic heterocycles. The fraction of sp³-hybridized carbons (Fsp3) is 1.00. The van der Waals surface area contributed by atoms with Gasteiger partial charge in [-0.05, 0) is 19.9 Å². The maximum absolute atomic E-state index is 8.89. The second-order valence-corrected chi connectivity index (χ2v) is 3.11. The van der Waals surface area contributed by atoms with Gasteiger partial charge in [-0.15, -0.1) is 0 Å². The standard InChI is InChI=1S/C9H21NO/c1-3-4-5-6-7-10-8-9(2)11/h9-11H,3-8H2,1-2H3/t9-/m1/s1. The summed E-state index contributed by atoms with van der Waals surface area (Å²) < 4.78 is 0. The molecule has 0 aliphatic carbocycles. The molecule has 0 radical (unpaired) electrons. The summed E-state index contributed by atoms with van der Waals surface area (Å²) in [6, 6.07) is 0. The number of unbranched alkanes of at least 4 members (excludes halogenated alkanes) is 3. The monoisotopic (exact) mass is 159 g/mol. The summed E-state index contributed by atoms with van der Waals surface area (Å²) in [4.78, 5) is 0. The van der Waals surface area contributed by atoms with Gasteiger partial charge < -0.3 is 10.4 Å². The van der Waals surface area contributed by atoms with Crippen molar-refractivity contribution in [3.8, 4) is 0 Å². The van der Waals surface area contributed by atoms with Crippen LogP contribution in [0.5, 0.6) is 0 Å². The Kier molecular flexibility index (Phi) is 7.96. The first kappa shape index (κ1) is 10.9. The Morgan fingerprint density at radius 3 is 2.55 bits per heavy atom. The van der Waals surface area contributed by atoms with E-state index in [-0.39, 0.29) is 6.10 Å². The Bertz CT molecular complexity index is 74.0. The van der Waals surface area contributed by atoms with Crippen LogP contribution in [0.1, 0.15) is 39.5 Å². The fourth-order valence-corrected chi connectivity index (χ4v) is 0.988. The Hall–Kier alpha value is -0.0800. The number of nitrogens with one attached hydrogen (secondary N) is 1. The first-order valence-electron chi connectivity index (χ1n) is 4.66. The van der Waals surface area contributed by atoms with Gasteiger partial charge in [0.05, 0.1) is 6.10 Å². The van der Waals surface area contributed by atoms with E-state index >= 15 is 0 Å². The molecule has 0 rings (SSSR count). The van der Waals surface area contributed by atoms with Crippen molar-refractivity contribution in [1.82, 2.24) is 5.32 Å². The van der Waals surface area contributed by atoms with Crippen molar-refractivity contribution in [3.63, 3.8) is 0 Å². The van der Waals surface area contributed by atoms with Crippen molar-refractivity contribution in [1.29, 1.82) is 0 Å². The lowest BCUT2D eigenvalue weighted by atomic mass is 10.2. The highest BCUT2D eigenvalue weighted by molar-refractivity contribution is 4.52. The van der Waals surface area contributed by atoms with E-state index in [2.05, 4.69) is 12.2 Å². The van der Waals surface area contributed by atoms with Crippen LogP contribution < -0.4 is 5.32 Å². The average Bonchev–Trinajstić information content (AvgIpc) is 1.96. The zero-order valence-electron chi connectivity index (χ0n) is 7.77. The molecule has 0 aliphatic heterocycles. The molecular weight excluding hydrogens is 138 g/mol. The third-order valence-corrected chi connectivity index (χ3v) is 1.65. The molecule has 1 atom stereocenters. The summed E-state index contributed by atoms with van der Waals surface area (Å²) in [6.45, 7) is 5.79. The van der Waals surface area contributed by atoms with Crippen molar-refractivity contribution < 1.29 is 5.11 Å². The maximum Gasteiger partial charge on any atom is 0.0636 e. The number of hydrogen-bond donors (Lipinski definition) is 2. The van der Waals surface area contributed by atoms with E-state index in [0.717, 1.165) is 13.1 Å². The Morgan fingerprint density at radius 1 is 1.27 bits per heavy atom. The van der Waals surface area contributed by atoms with Crippen LogP contribution in [0, 0.1) is 0 Å². The molecule has 2 N–H and O–H groups in total. The third-order valence-electron chi connectivity index (χ3n) is 1.65. The summed E-state index contributed by atoms with van der Waals surface area (Å²) in [5.74, 6) is 0. The quantitative estimate of drug-likeness (QED) is 0.552. The van der Waals surface area contributed by atoms with Gasteiger partial charge in [0, 0.05) is 6.54 Å². The third kappa shape index (κ3) is 9.92. The first-order valence-corrected chi connectivity index (χ1v) is 4.66. The number of aliphatic hydroxyl groups excluding tert-OH is 1. The lowest BCUT2D eigenvalue weighted by Crippen LogP contribution is -2.25. The van der Waals surface area contributed by atoms with Gasteiger partial charge in [-0.25, -0.2) is 0 Å². The minimum absolute atomic E-state index is 0.207. The average molecular weight is 159 g/mol. The number of aliphatic hydroxyl groups is 1. The molecule has 0 amide bonds. The van der Waals surface area contributed by atoms with Crippen LogP contribution in [-0.2, 0) is 0 Å². The van der Waals surface area contributed by atoms with Gasteiger partial charge in [-0.2, -0.15) is 0 Å². The van der Waals surface area contributed by atoms with E-state index in [9.17, 15) is 0 Å². The number of rotatable bonds is 7. The van der Waals surface area contributed by atoms with E-state index in [1.807, 2.05) is 0 Å². The van der Waals surface area contributed by atoms with E-state index in [1.54, 1.807) is 6.92 Å². The molecular formula is C9H21NO. The van der Waals surface area contributed by atoms with Crippen LogP contribution in [0.25, 0.3) is 0 Å². The van der Waals surface area contributed by atoms with Crippen molar-refractivity contribution in [3.05, 3.63) is 0 Å². The molecule has 0 bridgehead atoms. The second kappa shape index (κ2) is 8.02. The van der Waals surface area contributed by atoms with Crippen LogP contribution >= 0.6 is 0 Å². The van der Waals surface area contributed by atoms with Gasteiger partial charge in [-0.3, -0.25) is 0 Å². The normalized spacial score (nSPS) is 13.4. The highest BCUT2D eigenvalue weighted by Crippen LogP contribution is 1.96. The molecule has 2 nitrogen and oxygen atoms in total. The molecule has 0 aromatic carbocycles. The predicted molar refractivity (Wildman–Crippen MR) is 48.7 cm³/mol. The minimum atomic E-state index is -0.207. The highest BCUT2D eigenvalue weighted by atomic mass is 16.3. The molecule has 68 valence electrons. The zero-order valence-corrected chi connectivity index (χ0v) is 7.77. The topological polar surface area (TPSA) is 32.3 Å². The molecule has 0 saturated carbocycles. The SMILES string of the molecule is CCCCCCNC[C@@H](C)O. The van der Waals surface area contributed by atoms with Crippen LogP contribution in [0.2, 0.25) is 0 Å². The van der Waals surface area contributed by atoms with Gasteiger partial charge in [0.2, 0.25) is 0 Å². The van der Waals surface area contributed by atoms with E-state index in [1.165, 1.54) is 25.7 Å². The maximum atomic E-state index is 8.89. The molecule has 2 heteroatoms. The molecule has 0 aromatic rings. The van der Waals surface area contributed by atoms with Gasteiger partial charge in [0.25, 0.3) is 0 Å². The van der Waals surface area contributed by atoms with Crippen LogP contribution in [0.15, 0.2) is 0 Å². The summed E-state index contributed by atoms with van der Waals surface area (Å²) >= 11 is 0. The smallest absolute Gasteiger partial charge is 0.0636 e. The van der Waals surface area contributed by atoms with Crippen molar-refractivity contribution in [2.45, 2.75) is 45.6 Å². The lowest BCUT2D eigenvalue weighted by Gasteiger charge is -2.05. The predicted octanol–water partition coefficient (Wildman–Crippen LogP) is 1.54. The van der Waals surface area contributed by atoms with E-state index in [4.69, 9.17) is 5.11 Å². The fourth-order valence-electron chi connectivity index (χ4n) is 0.988. The summed E-state index contributed by atoms with van der Waals surface area (Å²) in [5, 5.41) is 12.1. The molecule has 0 spiro atoms. The van der Waals surface area contributed by atoms with Crippen molar-refractivity contribution in [2.75, 3.05) is 13.1 Å². The number of hydrogen-bond acceptors (Lipinski definition) is 2. The van der Waals surface area contributed by atoms with Gasteiger partial charge >= 0.3 is 0 Å². The first-order chi connectivity index (χ1) is 5.27. The van der Waals surface area contributed by atoms with Crippen LogP contribution in [0.3, 0.4) is 0 Å². The summed E-state index contributed by atoms with van der Waals surface area (Å²) in [7, 11) is 0. The summed E-state index contributed by atoms with van der Waals surface area (Å²) in [5.41, 5.74) is 0. The molecule has 0 saturated heterocycles. The lowest BCUT2D eigenvalue weighted by molar-refractivity contribution is 0.191. The van der Waals surface area contributed by atoms with E-state index in [0.29, 0.717) is 0 Å². The summed E-state index contributed by atoms with van der Waals surface area (Å²) in [6.07, 6.45) is 4.96. The molecule has 0 heterocycles.